The number of likely N-dealkylation sites (tertiary alicyclic amines) is 1. The van der Waals surface area contributed by atoms with Gasteiger partial charge in [0.05, 0.1) is 20.3 Å². The number of nitrogens with zero attached hydrogens (tertiary/aromatic N) is 2. The summed E-state index contributed by atoms with van der Waals surface area (Å²) in [5, 5.41) is 8.89. The number of hydrogen-bond acceptors (Lipinski definition) is 4. The topological polar surface area (TPSA) is 62.6 Å². The molecule has 0 atom stereocenters. The van der Waals surface area contributed by atoms with Crippen molar-refractivity contribution in [2.24, 2.45) is 5.92 Å². The molecule has 0 unspecified atom stereocenters. The van der Waals surface area contributed by atoms with Crippen LogP contribution < -0.4 is 9.47 Å². The summed E-state index contributed by atoms with van der Waals surface area (Å²) >= 11 is 0. The van der Waals surface area contributed by atoms with Crippen molar-refractivity contribution in [1.82, 2.24) is 4.90 Å². The van der Waals surface area contributed by atoms with E-state index in [9.17, 15) is 4.79 Å². The fourth-order valence-electron chi connectivity index (χ4n) is 2.90. The van der Waals surface area contributed by atoms with Crippen LogP contribution in [0.15, 0.2) is 18.2 Å². The monoisotopic (exact) mass is 316 g/mol. The lowest BCUT2D eigenvalue weighted by Crippen LogP contribution is -2.38. The van der Waals surface area contributed by atoms with E-state index in [0.717, 1.165) is 37.0 Å². The van der Waals surface area contributed by atoms with Crippen LogP contribution in [0.3, 0.4) is 0 Å². The Labute approximate surface area is 137 Å². The molecule has 5 heteroatoms. The molecule has 5 nitrogen and oxygen atoms in total. The van der Waals surface area contributed by atoms with Gasteiger partial charge in [-0.15, -0.1) is 0 Å². The lowest BCUT2D eigenvalue weighted by molar-refractivity contribution is -0.132. The summed E-state index contributed by atoms with van der Waals surface area (Å²) in [6, 6.07) is 8.14. The number of benzene rings is 1. The Balaban J connectivity index is 1.79. The summed E-state index contributed by atoms with van der Waals surface area (Å²) in [6.07, 6.45) is 3.80. The number of piperidine rings is 1. The third kappa shape index (κ3) is 4.62. The maximum atomic E-state index is 12.2. The van der Waals surface area contributed by atoms with Crippen molar-refractivity contribution >= 4 is 5.91 Å². The predicted molar refractivity (Wildman–Crippen MR) is 87.4 cm³/mol. The number of nitriles is 1. The van der Waals surface area contributed by atoms with Crippen molar-refractivity contribution in [3.63, 3.8) is 0 Å². The first-order chi connectivity index (χ1) is 11.2. The number of amides is 1. The highest BCUT2D eigenvalue weighted by atomic mass is 16.5. The van der Waals surface area contributed by atoms with Gasteiger partial charge in [-0.25, -0.2) is 0 Å². The third-order valence-corrected chi connectivity index (χ3v) is 4.33. The predicted octanol–water partition coefficient (Wildman–Crippen LogP) is 2.79. The van der Waals surface area contributed by atoms with E-state index in [-0.39, 0.29) is 11.8 Å². The number of aryl methyl sites for hydroxylation is 1. The van der Waals surface area contributed by atoms with Gasteiger partial charge in [0.25, 0.3) is 0 Å². The quantitative estimate of drug-likeness (QED) is 0.809. The molecule has 1 fully saturated rings. The van der Waals surface area contributed by atoms with Gasteiger partial charge >= 0.3 is 0 Å². The van der Waals surface area contributed by atoms with Gasteiger partial charge in [-0.1, -0.05) is 6.07 Å². The summed E-state index contributed by atoms with van der Waals surface area (Å²) in [4.78, 5) is 14.1. The molecular formula is C18H24N2O3. The summed E-state index contributed by atoms with van der Waals surface area (Å²) in [6.45, 7) is 1.43. The van der Waals surface area contributed by atoms with E-state index in [1.165, 1.54) is 0 Å². The molecule has 0 aromatic heterocycles. The van der Waals surface area contributed by atoms with Crippen LogP contribution >= 0.6 is 0 Å². The highest BCUT2D eigenvalue weighted by Gasteiger charge is 2.21. The number of carbonyl (C=O) groups excluding carboxylic acids is 1. The maximum Gasteiger partial charge on any atom is 0.222 e. The highest BCUT2D eigenvalue weighted by molar-refractivity contribution is 5.76. The normalized spacial score (nSPS) is 15.1. The minimum atomic E-state index is 0.116. The summed E-state index contributed by atoms with van der Waals surface area (Å²) < 4.78 is 10.5. The molecule has 0 saturated carbocycles. The van der Waals surface area contributed by atoms with Crippen LogP contribution in [0, 0.1) is 17.2 Å². The Kier molecular flexibility index (Phi) is 6.28. The first kappa shape index (κ1) is 17.1. The molecule has 1 amide bonds. The van der Waals surface area contributed by atoms with Crippen LogP contribution in [0.5, 0.6) is 11.5 Å². The van der Waals surface area contributed by atoms with Crippen molar-refractivity contribution < 1.29 is 14.3 Å². The maximum absolute atomic E-state index is 12.2. The Morgan fingerprint density at radius 2 is 1.96 bits per heavy atom. The van der Waals surface area contributed by atoms with Crippen LogP contribution in [0.1, 0.15) is 31.2 Å². The van der Waals surface area contributed by atoms with E-state index in [1.807, 2.05) is 23.1 Å². The van der Waals surface area contributed by atoms with Crippen molar-refractivity contribution in [3.8, 4) is 17.6 Å². The van der Waals surface area contributed by atoms with Crippen LogP contribution in [-0.4, -0.2) is 38.1 Å². The second-order valence-electron chi connectivity index (χ2n) is 5.83. The summed E-state index contributed by atoms with van der Waals surface area (Å²) in [7, 11) is 3.24. The Morgan fingerprint density at radius 3 is 2.57 bits per heavy atom. The molecule has 23 heavy (non-hydrogen) atoms. The van der Waals surface area contributed by atoms with Crippen molar-refractivity contribution in [2.75, 3.05) is 27.3 Å². The highest BCUT2D eigenvalue weighted by Crippen LogP contribution is 2.28. The van der Waals surface area contributed by atoms with E-state index < -0.39 is 0 Å². The minimum Gasteiger partial charge on any atom is -0.493 e. The summed E-state index contributed by atoms with van der Waals surface area (Å²) in [5.74, 6) is 1.75. The van der Waals surface area contributed by atoms with E-state index in [0.29, 0.717) is 25.3 Å². The first-order valence-electron chi connectivity index (χ1n) is 8.06. The second-order valence-corrected chi connectivity index (χ2v) is 5.83. The number of carbonyl (C=O) groups is 1. The Hall–Kier alpha value is -2.22. The van der Waals surface area contributed by atoms with Gasteiger partial charge in [-0.3, -0.25) is 4.79 Å². The van der Waals surface area contributed by atoms with Gasteiger partial charge in [0.2, 0.25) is 5.91 Å². The minimum absolute atomic E-state index is 0.116. The van der Waals surface area contributed by atoms with Gasteiger partial charge in [-0.2, -0.15) is 5.26 Å². The molecule has 124 valence electrons. The van der Waals surface area contributed by atoms with E-state index in [2.05, 4.69) is 6.07 Å². The first-order valence-corrected chi connectivity index (χ1v) is 8.06. The van der Waals surface area contributed by atoms with E-state index >= 15 is 0 Å². The smallest absolute Gasteiger partial charge is 0.222 e. The number of methoxy groups -OCH3 is 2. The zero-order valence-corrected chi connectivity index (χ0v) is 13.9. The van der Waals surface area contributed by atoms with Gasteiger partial charge in [0.1, 0.15) is 0 Å². The number of ether oxygens (including phenoxy) is 2. The zero-order valence-electron chi connectivity index (χ0n) is 13.9. The standard InChI is InChI=1S/C18H24N2O3/c1-22-16-7-6-14(12-17(16)23-2)4-3-5-18(21)20-10-8-15(13-19)9-11-20/h6-7,12,15H,3-5,8-11H2,1-2H3. The van der Waals surface area contributed by atoms with Crippen molar-refractivity contribution in [3.05, 3.63) is 23.8 Å². The van der Waals surface area contributed by atoms with Crippen LogP contribution in [-0.2, 0) is 11.2 Å². The van der Waals surface area contributed by atoms with Crippen LogP contribution in [0.4, 0.5) is 0 Å². The second kappa shape index (κ2) is 8.42. The van der Waals surface area contributed by atoms with Crippen molar-refractivity contribution in [2.45, 2.75) is 32.1 Å². The molecule has 0 spiro atoms. The molecule has 1 heterocycles. The molecule has 1 aliphatic rings. The lowest BCUT2D eigenvalue weighted by atomic mass is 9.98. The number of hydrogen-bond donors (Lipinski definition) is 0. The average Bonchev–Trinajstić information content (AvgIpc) is 2.61. The third-order valence-electron chi connectivity index (χ3n) is 4.33. The van der Waals surface area contributed by atoms with E-state index in [1.54, 1.807) is 14.2 Å². The molecule has 0 radical (unpaired) electrons. The molecule has 1 aromatic carbocycles. The van der Waals surface area contributed by atoms with Gasteiger partial charge in [0.15, 0.2) is 11.5 Å². The summed E-state index contributed by atoms with van der Waals surface area (Å²) in [5.41, 5.74) is 1.14. The fraction of sp³-hybridized carbons (Fsp3) is 0.556. The van der Waals surface area contributed by atoms with E-state index in [4.69, 9.17) is 14.7 Å². The molecular weight excluding hydrogens is 292 g/mol. The van der Waals surface area contributed by atoms with Gasteiger partial charge < -0.3 is 14.4 Å². The molecule has 0 bridgehead atoms. The largest absolute Gasteiger partial charge is 0.493 e. The Bertz CT molecular complexity index is 572. The van der Waals surface area contributed by atoms with Gasteiger partial charge in [-0.05, 0) is 43.4 Å². The molecule has 1 saturated heterocycles. The average molecular weight is 316 g/mol. The molecule has 2 rings (SSSR count). The van der Waals surface area contributed by atoms with Crippen LogP contribution in [0.25, 0.3) is 0 Å². The van der Waals surface area contributed by atoms with Crippen LogP contribution in [0.2, 0.25) is 0 Å². The molecule has 1 aromatic rings. The molecule has 1 aliphatic heterocycles. The number of rotatable bonds is 6. The zero-order chi connectivity index (χ0) is 16.7. The SMILES string of the molecule is COc1ccc(CCCC(=O)N2CCC(C#N)CC2)cc1OC. The van der Waals surface area contributed by atoms with Gasteiger partial charge in [0, 0.05) is 25.4 Å². The Morgan fingerprint density at radius 1 is 1.26 bits per heavy atom. The lowest BCUT2D eigenvalue weighted by Gasteiger charge is -2.29. The molecule has 0 N–H and O–H groups in total. The fourth-order valence-corrected chi connectivity index (χ4v) is 2.90. The van der Waals surface area contributed by atoms with Crippen molar-refractivity contribution in [1.29, 1.82) is 5.26 Å². The molecule has 0 aliphatic carbocycles.